The SMILES string of the molecule is CN(C)S(=O)(=O)c1cccc(NC(=O)c2cn[nH]n2)c1. The van der Waals surface area contributed by atoms with E-state index in [0.717, 1.165) is 4.31 Å². The lowest BCUT2D eigenvalue weighted by atomic mass is 10.3. The van der Waals surface area contributed by atoms with Crippen LogP contribution in [0.2, 0.25) is 0 Å². The van der Waals surface area contributed by atoms with Crippen molar-refractivity contribution < 1.29 is 13.2 Å². The third-order valence-corrected chi connectivity index (χ3v) is 4.33. The molecule has 106 valence electrons. The summed E-state index contributed by atoms with van der Waals surface area (Å²) < 4.78 is 25.1. The average Bonchev–Trinajstić information content (AvgIpc) is 2.92. The summed E-state index contributed by atoms with van der Waals surface area (Å²) in [5.41, 5.74) is 0.479. The fraction of sp³-hybridized carbons (Fsp3) is 0.182. The highest BCUT2D eigenvalue weighted by atomic mass is 32.2. The fourth-order valence-electron chi connectivity index (χ4n) is 1.45. The fourth-order valence-corrected chi connectivity index (χ4v) is 2.40. The molecule has 2 aromatic rings. The lowest BCUT2D eigenvalue weighted by molar-refractivity contribution is 0.102. The van der Waals surface area contributed by atoms with Crippen LogP contribution in [0.3, 0.4) is 0 Å². The summed E-state index contributed by atoms with van der Waals surface area (Å²) in [5.74, 6) is -0.474. The van der Waals surface area contributed by atoms with E-state index < -0.39 is 15.9 Å². The molecule has 1 amide bonds. The van der Waals surface area contributed by atoms with Crippen LogP contribution in [0.1, 0.15) is 10.5 Å². The van der Waals surface area contributed by atoms with Crippen molar-refractivity contribution in [2.45, 2.75) is 4.90 Å². The maximum Gasteiger partial charge on any atom is 0.277 e. The lowest BCUT2D eigenvalue weighted by Crippen LogP contribution is -2.22. The molecule has 0 saturated carbocycles. The molecule has 1 aromatic carbocycles. The number of anilines is 1. The molecule has 2 rings (SSSR count). The van der Waals surface area contributed by atoms with Gasteiger partial charge in [0.25, 0.3) is 5.91 Å². The molecule has 0 spiro atoms. The number of amides is 1. The van der Waals surface area contributed by atoms with Gasteiger partial charge in [-0.05, 0) is 18.2 Å². The van der Waals surface area contributed by atoms with Gasteiger partial charge in [-0.3, -0.25) is 4.79 Å². The molecule has 0 aliphatic carbocycles. The number of aromatic nitrogens is 3. The third-order valence-electron chi connectivity index (χ3n) is 2.52. The topological polar surface area (TPSA) is 108 Å². The minimum Gasteiger partial charge on any atom is -0.321 e. The Labute approximate surface area is 115 Å². The van der Waals surface area contributed by atoms with Crippen LogP contribution in [0.25, 0.3) is 0 Å². The summed E-state index contributed by atoms with van der Waals surface area (Å²) in [6.07, 6.45) is 1.27. The highest BCUT2D eigenvalue weighted by Crippen LogP contribution is 2.18. The number of nitrogens with zero attached hydrogens (tertiary/aromatic N) is 3. The van der Waals surface area contributed by atoms with E-state index in [2.05, 4.69) is 20.7 Å². The number of sulfonamides is 1. The van der Waals surface area contributed by atoms with Gasteiger partial charge in [-0.25, -0.2) is 12.7 Å². The molecule has 0 bridgehead atoms. The molecule has 9 heteroatoms. The van der Waals surface area contributed by atoms with E-state index in [4.69, 9.17) is 0 Å². The first kappa shape index (κ1) is 14.2. The molecule has 0 saturated heterocycles. The van der Waals surface area contributed by atoms with Gasteiger partial charge in [0.1, 0.15) is 0 Å². The number of benzene rings is 1. The van der Waals surface area contributed by atoms with E-state index in [1.54, 1.807) is 12.1 Å². The minimum absolute atomic E-state index is 0.0976. The van der Waals surface area contributed by atoms with Crippen LogP contribution in [0.15, 0.2) is 35.4 Å². The molecule has 2 N–H and O–H groups in total. The summed E-state index contributed by atoms with van der Waals surface area (Å²) in [7, 11) is -0.660. The van der Waals surface area contributed by atoms with Gasteiger partial charge in [0.2, 0.25) is 10.0 Å². The predicted octanol–water partition coefficient (Wildman–Crippen LogP) is 0.307. The molecular weight excluding hydrogens is 282 g/mol. The molecule has 0 atom stereocenters. The zero-order valence-corrected chi connectivity index (χ0v) is 11.7. The van der Waals surface area contributed by atoms with E-state index in [1.165, 1.54) is 32.4 Å². The number of hydrogen-bond donors (Lipinski definition) is 2. The number of carbonyl (C=O) groups excluding carboxylic acids is 1. The number of aromatic amines is 1. The van der Waals surface area contributed by atoms with Gasteiger partial charge in [-0.2, -0.15) is 15.4 Å². The van der Waals surface area contributed by atoms with Gasteiger partial charge >= 0.3 is 0 Å². The van der Waals surface area contributed by atoms with Crippen LogP contribution < -0.4 is 5.32 Å². The summed E-state index contributed by atoms with van der Waals surface area (Å²) in [6, 6.07) is 5.98. The van der Waals surface area contributed by atoms with Crippen molar-refractivity contribution >= 4 is 21.6 Å². The number of rotatable bonds is 4. The first-order valence-corrected chi connectivity index (χ1v) is 7.05. The van der Waals surface area contributed by atoms with Crippen LogP contribution in [0.4, 0.5) is 5.69 Å². The number of nitrogens with one attached hydrogen (secondary N) is 2. The smallest absolute Gasteiger partial charge is 0.277 e. The average molecular weight is 295 g/mol. The molecule has 0 unspecified atom stereocenters. The normalized spacial score (nSPS) is 11.6. The molecule has 0 aliphatic heterocycles. The van der Waals surface area contributed by atoms with Gasteiger partial charge in [0.05, 0.1) is 11.1 Å². The van der Waals surface area contributed by atoms with Crippen molar-refractivity contribution in [2.75, 3.05) is 19.4 Å². The Balaban J connectivity index is 2.25. The Kier molecular flexibility index (Phi) is 3.81. The zero-order valence-electron chi connectivity index (χ0n) is 10.9. The van der Waals surface area contributed by atoms with Gasteiger partial charge in [-0.1, -0.05) is 6.07 Å². The molecule has 20 heavy (non-hydrogen) atoms. The largest absolute Gasteiger partial charge is 0.321 e. The van der Waals surface area contributed by atoms with E-state index in [9.17, 15) is 13.2 Å². The Morgan fingerprint density at radius 3 is 2.70 bits per heavy atom. The van der Waals surface area contributed by atoms with E-state index >= 15 is 0 Å². The Hall–Kier alpha value is -2.26. The van der Waals surface area contributed by atoms with E-state index in [1.807, 2.05) is 0 Å². The van der Waals surface area contributed by atoms with Gasteiger partial charge in [0.15, 0.2) is 5.69 Å². The standard InChI is InChI=1S/C11H13N5O3S/c1-16(2)20(18,19)9-5-3-4-8(6-9)13-11(17)10-7-12-15-14-10/h3-7H,1-2H3,(H,13,17)(H,12,14,15). The van der Waals surface area contributed by atoms with Crippen LogP contribution in [0, 0.1) is 0 Å². The van der Waals surface area contributed by atoms with Crippen molar-refractivity contribution in [3.05, 3.63) is 36.2 Å². The molecule has 8 nitrogen and oxygen atoms in total. The first-order valence-electron chi connectivity index (χ1n) is 5.61. The van der Waals surface area contributed by atoms with Crippen molar-refractivity contribution in [2.24, 2.45) is 0 Å². The number of carbonyl (C=O) groups is 1. The summed E-state index contributed by atoms with van der Waals surface area (Å²) >= 11 is 0. The minimum atomic E-state index is -3.54. The Morgan fingerprint density at radius 2 is 2.10 bits per heavy atom. The molecule has 1 aromatic heterocycles. The maximum absolute atomic E-state index is 12.0. The van der Waals surface area contributed by atoms with E-state index in [-0.39, 0.29) is 10.6 Å². The second-order valence-electron chi connectivity index (χ2n) is 4.12. The van der Waals surface area contributed by atoms with Gasteiger partial charge < -0.3 is 5.32 Å². The van der Waals surface area contributed by atoms with Gasteiger partial charge in [0, 0.05) is 19.8 Å². The third kappa shape index (κ3) is 2.83. The number of hydrogen-bond acceptors (Lipinski definition) is 5. The molecule has 0 radical (unpaired) electrons. The second kappa shape index (κ2) is 5.39. The van der Waals surface area contributed by atoms with Gasteiger partial charge in [-0.15, -0.1) is 0 Å². The maximum atomic E-state index is 12.0. The van der Waals surface area contributed by atoms with Crippen molar-refractivity contribution in [3.8, 4) is 0 Å². The molecule has 1 heterocycles. The highest BCUT2D eigenvalue weighted by Gasteiger charge is 2.18. The van der Waals surface area contributed by atoms with Crippen molar-refractivity contribution in [1.29, 1.82) is 0 Å². The quantitative estimate of drug-likeness (QED) is 0.843. The van der Waals surface area contributed by atoms with Crippen molar-refractivity contribution in [3.63, 3.8) is 0 Å². The van der Waals surface area contributed by atoms with Crippen LogP contribution in [0.5, 0.6) is 0 Å². The summed E-state index contributed by atoms with van der Waals surface area (Å²) in [5, 5.41) is 12.0. The number of H-pyrrole nitrogens is 1. The second-order valence-corrected chi connectivity index (χ2v) is 6.28. The first-order chi connectivity index (χ1) is 9.41. The van der Waals surface area contributed by atoms with Crippen molar-refractivity contribution in [1.82, 2.24) is 19.7 Å². The predicted molar refractivity (Wildman–Crippen MR) is 71.7 cm³/mol. The van der Waals surface area contributed by atoms with Crippen LogP contribution in [-0.4, -0.2) is 48.1 Å². The Morgan fingerprint density at radius 1 is 1.35 bits per heavy atom. The lowest BCUT2D eigenvalue weighted by Gasteiger charge is -2.12. The molecule has 0 aliphatic rings. The van der Waals surface area contributed by atoms with Crippen LogP contribution in [-0.2, 0) is 10.0 Å². The summed E-state index contributed by atoms with van der Waals surface area (Å²) in [4.78, 5) is 11.9. The highest BCUT2D eigenvalue weighted by molar-refractivity contribution is 7.89. The van der Waals surface area contributed by atoms with Crippen LogP contribution >= 0.6 is 0 Å². The monoisotopic (exact) mass is 295 g/mol. The zero-order chi connectivity index (χ0) is 14.8. The molecular formula is C11H13N5O3S. The summed E-state index contributed by atoms with van der Waals surface area (Å²) in [6.45, 7) is 0. The Bertz CT molecular complexity index is 709. The molecule has 0 fully saturated rings. The van der Waals surface area contributed by atoms with E-state index in [0.29, 0.717) is 5.69 Å².